The van der Waals surface area contributed by atoms with Gasteiger partial charge in [-0.05, 0) is 18.0 Å². The second-order valence-corrected chi connectivity index (χ2v) is 13.4. The zero-order valence-corrected chi connectivity index (χ0v) is 17.2. The van der Waals surface area contributed by atoms with Crippen LogP contribution in [0.4, 0.5) is 4.79 Å². The third-order valence-corrected chi connectivity index (χ3v) is 5.86. The van der Waals surface area contributed by atoms with Gasteiger partial charge < -0.3 is 24.8 Å². The molecule has 27 heavy (non-hydrogen) atoms. The lowest BCUT2D eigenvalue weighted by Crippen LogP contribution is -2.23. The number of aliphatic hydroxyl groups is 1. The first kappa shape index (κ1) is 21.1. The van der Waals surface area contributed by atoms with Gasteiger partial charge >= 0.3 is 6.09 Å². The van der Waals surface area contributed by atoms with Gasteiger partial charge in [0.2, 0.25) is 0 Å². The monoisotopic (exact) mass is 391 g/mol. The van der Waals surface area contributed by atoms with Crippen LogP contribution in [-0.4, -0.2) is 47.1 Å². The number of rotatable bonds is 10. The molecule has 0 aliphatic carbocycles. The van der Waals surface area contributed by atoms with E-state index in [1.54, 1.807) is 6.33 Å². The summed E-state index contributed by atoms with van der Waals surface area (Å²) in [5.74, 6) is 0. The zero-order chi connectivity index (χ0) is 19.9. The van der Waals surface area contributed by atoms with Crippen molar-refractivity contribution in [3.63, 3.8) is 0 Å². The minimum absolute atomic E-state index is 0.185. The third kappa shape index (κ3) is 7.16. The normalized spacial score (nSPS) is 12.7. The van der Waals surface area contributed by atoms with Crippen LogP contribution in [0.5, 0.6) is 0 Å². The molecule has 148 valence electrons. The van der Waals surface area contributed by atoms with Crippen molar-refractivity contribution in [1.82, 2.24) is 14.9 Å². The van der Waals surface area contributed by atoms with Crippen molar-refractivity contribution in [2.24, 2.45) is 0 Å². The fourth-order valence-electron chi connectivity index (χ4n) is 2.61. The first-order chi connectivity index (χ1) is 12.8. The van der Waals surface area contributed by atoms with Gasteiger partial charge in [0.15, 0.2) is 0 Å². The molecule has 0 saturated heterocycles. The molecule has 3 N–H and O–H groups in total. The van der Waals surface area contributed by atoms with Gasteiger partial charge in [0.1, 0.15) is 6.73 Å². The second kappa shape index (κ2) is 9.68. The van der Waals surface area contributed by atoms with Gasteiger partial charge in [0, 0.05) is 33.0 Å². The highest BCUT2D eigenvalue weighted by molar-refractivity contribution is 6.76. The fraction of sp³-hybridized carbons (Fsp3) is 0.474. The first-order valence-electron chi connectivity index (χ1n) is 9.10. The minimum atomic E-state index is -1.10. The lowest BCUT2D eigenvalue weighted by atomic mass is 9.98. The second-order valence-electron chi connectivity index (χ2n) is 7.74. The molecule has 2 aromatic rings. The number of imidazole rings is 1. The number of hydrogen-bond acceptors (Lipinski definition) is 4. The van der Waals surface area contributed by atoms with Gasteiger partial charge in [-0.1, -0.05) is 43.9 Å². The number of aliphatic hydroxyl groups excluding tert-OH is 1. The van der Waals surface area contributed by atoms with E-state index in [4.69, 9.17) is 9.84 Å². The van der Waals surface area contributed by atoms with E-state index in [0.29, 0.717) is 13.2 Å². The molecule has 0 aliphatic heterocycles. The smallest absolute Gasteiger partial charge is 0.404 e. The average molecular weight is 392 g/mol. The molecule has 8 heteroatoms. The molecule has 2 rings (SSSR count). The third-order valence-electron chi connectivity index (χ3n) is 4.16. The van der Waals surface area contributed by atoms with Crippen molar-refractivity contribution in [3.05, 3.63) is 42.4 Å². The molecular formula is C19H29N3O4Si. The highest BCUT2D eigenvalue weighted by Crippen LogP contribution is 2.28. The van der Waals surface area contributed by atoms with E-state index >= 15 is 0 Å². The summed E-state index contributed by atoms with van der Waals surface area (Å²) in [6, 6.07) is 8.60. The zero-order valence-electron chi connectivity index (χ0n) is 16.2. The quantitative estimate of drug-likeness (QED) is 0.425. The summed E-state index contributed by atoms with van der Waals surface area (Å²) in [6.45, 7) is 8.34. The van der Waals surface area contributed by atoms with Crippen molar-refractivity contribution < 1.29 is 19.7 Å². The Morgan fingerprint density at radius 1 is 1.33 bits per heavy atom. The van der Waals surface area contributed by atoms with Crippen molar-refractivity contribution >= 4 is 14.2 Å². The van der Waals surface area contributed by atoms with Crippen LogP contribution in [-0.2, 0) is 11.5 Å². The van der Waals surface area contributed by atoms with Crippen molar-refractivity contribution in [3.8, 4) is 11.3 Å². The van der Waals surface area contributed by atoms with Gasteiger partial charge in [-0.15, -0.1) is 0 Å². The maximum Gasteiger partial charge on any atom is 0.404 e. The predicted octanol–water partition coefficient (Wildman–Crippen LogP) is 3.55. The molecule has 1 aromatic carbocycles. The number of nitrogens with one attached hydrogen (secondary N) is 1. The molecule has 0 fully saturated rings. The van der Waals surface area contributed by atoms with Gasteiger partial charge in [0.05, 0.1) is 18.1 Å². The maximum atomic E-state index is 10.6. The summed E-state index contributed by atoms with van der Waals surface area (Å²) < 4.78 is 7.63. The molecule has 0 saturated carbocycles. The fourth-order valence-corrected chi connectivity index (χ4v) is 3.37. The summed E-state index contributed by atoms with van der Waals surface area (Å²) in [7, 11) is -1.10. The van der Waals surface area contributed by atoms with Crippen LogP contribution in [0.1, 0.15) is 18.1 Å². The van der Waals surface area contributed by atoms with Crippen LogP contribution in [0.3, 0.4) is 0 Å². The molecule has 0 aliphatic rings. The van der Waals surface area contributed by atoms with Crippen LogP contribution in [0.2, 0.25) is 25.7 Å². The van der Waals surface area contributed by atoms with Crippen molar-refractivity contribution in [1.29, 1.82) is 0 Å². The molecule has 0 radical (unpaired) electrons. The lowest BCUT2D eigenvalue weighted by Gasteiger charge is -2.15. The summed E-state index contributed by atoms with van der Waals surface area (Å²) in [4.78, 5) is 15.0. The Hall–Kier alpha value is -2.16. The summed E-state index contributed by atoms with van der Waals surface area (Å²) in [5, 5.41) is 21.4. The summed E-state index contributed by atoms with van der Waals surface area (Å²) >= 11 is 0. The summed E-state index contributed by atoms with van der Waals surface area (Å²) in [6.07, 6.45) is 2.05. The number of carboxylic acid groups (broad SMARTS) is 1. The standard InChI is InChI=1S/C19H29N3O4Si/c1-27(2,3)11-10-26-14-22-12-17(21-13-22)15-6-4-5-7-16(15)18(23)8-9-20-19(24)25/h4-7,12-13,18,20,23H,8-11,14H2,1-3H3,(H,24,25). The Labute approximate surface area is 161 Å². The Bertz CT molecular complexity index is 743. The predicted molar refractivity (Wildman–Crippen MR) is 107 cm³/mol. The molecule has 7 nitrogen and oxygen atoms in total. The van der Waals surface area contributed by atoms with Gasteiger partial charge in [-0.25, -0.2) is 9.78 Å². The molecule has 0 spiro atoms. The molecule has 1 amide bonds. The Morgan fingerprint density at radius 3 is 2.78 bits per heavy atom. The van der Waals surface area contributed by atoms with Crippen LogP contribution in [0, 0.1) is 0 Å². The van der Waals surface area contributed by atoms with E-state index in [0.717, 1.165) is 29.5 Å². The largest absolute Gasteiger partial charge is 0.465 e. The first-order valence-corrected chi connectivity index (χ1v) is 12.8. The van der Waals surface area contributed by atoms with E-state index in [1.807, 2.05) is 35.0 Å². The Balaban J connectivity index is 2.00. The van der Waals surface area contributed by atoms with Crippen LogP contribution in [0.15, 0.2) is 36.8 Å². The SMILES string of the molecule is C[Si](C)(C)CCOCn1cnc(-c2ccccc2C(O)CCNC(=O)O)c1. The number of amides is 1. The number of hydrogen-bond donors (Lipinski definition) is 3. The van der Waals surface area contributed by atoms with Crippen LogP contribution < -0.4 is 5.32 Å². The van der Waals surface area contributed by atoms with E-state index < -0.39 is 20.3 Å². The van der Waals surface area contributed by atoms with Gasteiger partial charge in [-0.2, -0.15) is 0 Å². The molecule has 0 bridgehead atoms. The minimum Gasteiger partial charge on any atom is -0.465 e. The van der Waals surface area contributed by atoms with Crippen molar-refractivity contribution in [2.75, 3.05) is 13.2 Å². The van der Waals surface area contributed by atoms with Crippen LogP contribution in [0.25, 0.3) is 11.3 Å². The van der Waals surface area contributed by atoms with E-state index in [2.05, 4.69) is 29.9 Å². The molecule has 1 unspecified atom stereocenters. The number of carbonyl (C=O) groups is 1. The van der Waals surface area contributed by atoms with E-state index in [9.17, 15) is 9.90 Å². The topological polar surface area (TPSA) is 96.6 Å². The van der Waals surface area contributed by atoms with E-state index in [1.165, 1.54) is 0 Å². The Morgan fingerprint density at radius 2 is 2.07 bits per heavy atom. The van der Waals surface area contributed by atoms with Crippen molar-refractivity contribution in [2.45, 2.75) is 44.9 Å². The number of benzene rings is 1. The highest BCUT2D eigenvalue weighted by Gasteiger charge is 2.15. The maximum absolute atomic E-state index is 10.6. The Kier molecular flexibility index (Phi) is 7.58. The van der Waals surface area contributed by atoms with Gasteiger partial charge in [0.25, 0.3) is 0 Å². The molecular weight excluding hydrogens is 362 g/mol. The van der Waals surface area contributed by atoms with E-state index in [-0.39, 0.29) is 6.54 Å². The number of ether oxygens (including phenoxy) is 1. The number of aromatic nitrogens is 2. The van der Waals surface area contributed by atoms with Crippen LogP contribution >= 0.6 is 0 Å². The molecule has 1 aromatic heterocycles. The van der Waals surface area contributed by atoms with Gasteiger partial charge in [-0.3, -0.25) is 0 Å². The lowest BCUT2D eigenvalue weighted by molar-refractivity contribution is 0.0871. The molecule has 1 heterocycles. The highest BCUT2D eigenvalue weighted by atomic mass is 28.3. The summed E-state index contributed by atoms with van der Waals surface area (Å²) in [5.41, 5.74) is 2.32. The molecule has 1 atom stereocenters. The number of nitrogens with zero attached hydrogens (tertiary/aromatic N) is 2. The average Bonchev–Trinajstić information content (AvgIpc) is 3.06.